The molecule has 0 spiro atoms. The van der Waals surface area contributed by atoms with Crippen molar-refractivity contribution in [3.05, 3.63) is 113 Å². The van der Waals surface area contributed by atoms with Crippen molar-refractivity contribution in [2.45, 2.75) is 45.9 Å². The van der Waals surface area contributed by atoms with Crippen molar-refractivity contribution in [2.24, 2.45) is 0 Å². The van der Waals surface area contributed by atoms with Crippen LogP contribution in [-0.4, -0.2) is 41.1 Å². The molecule has 1 N–H and O–H groups in total. The molecule has 2 aliphatic heterocycles. The van der Waals surface area contributed by atoms with Crippen LogP contribution in [0.1, 0.15) is 49.1 Å². The van der Waals surface area contributed by atoms with Gasteiger partial charge in [-0.05, 0) is 86.0 Å². The molecule has 0 unspecified atom stereocenters. The van der Waals surface area contributed by atoms with Crippen LogP contribution in [0.4, 0.5) is 5.13 Å². The molecule has 10 heteroatoms. The third-order valence-electron chi connectivity index (χ3n) is 8.30. The first-order valence-electron chi connectivity index (χ1n) is 15.9. The Kier molecular flexibility index (Phi) is 8.49. The number of hydrogen-bond acceptors (Lipinski definition) is 9. The van der Waals surface area contributed by atoms with Gasteiger partial charge in [-0.3, -0.25) is 14.5 Å². The molecule has 0 bridgehead atoms. The molecule has 0 aliphatic carbocycles. The maximum absolute atomic E-state index is 13.9. The Hall–Kier alpha value is -5.35. The Morgan fingerprint density at radius 2 is 1.75 bits per heavy atom. The van der Waals surface area contributed by atoms with Crippen molar-refractivity contribution in [1.29, 1.82) is 0 Å². The third-order valence-corrected chi connectivity index (χ3v) is 9.32. The van der Waals surface area contributed by atoms with Gasteiger partial charge in [0.2, 0.25) is 0 Å². The molecule has 5 aromatic rings. The van der Waals surface area contributed by atoms with E-state index in [0.717, 1.165) is 21.6 Å². The van der Waals surface area contributed by atoms with Crippen molar-refractivity contribution in [3.8, 4) is 23.0 Å². The number of fused-ring (bicyclic) bond motifs is 2. The van der Waals surface area contributed by atoms with Crippen molar-refractivity contribution in [3.63, 3.8) is 0 Å². The van der Waals surface area contributed by atoms with E-state index >= 15 is 0 Å². The van der Waals surface area contributed by atoms with Gasteiger partial charge in [-0.15, -0.1) is 0 Å². The molecule has 244 valence electrons. The van der Waals surface area contributed by atoms with Crippen LogP contribution < -0.4 is 23.8 Å². The van der Waals surface area contributed by atoms with Crippen LogP contribution in [0.15, 0.2) is 90.5 Å². The normalized spacial score (nSPS) is 18.2. The highest BCUT2D eigenvalue weighted by Gasteiger charge is 2.48. The van der Waals surface area contributed by atoms with Crippen molar-refractivity contribution >= 4 is 44.1 Å². The first kappa shape index (κ1) is 31.3. The van der Waals surface area contributed by atoms with E-state index in [1.165, 1.54) is 16.2 Å². The average molecular weight is 663 g/mol. The summed E-state index contributed by atoms with van der Waals surface area (Å²) >= 11 is 1.27. The molecule has 1 saturated heterocycles. The number of aliphatic hydroxyl groups is 1. The molecule has 1 aromatic heterocycles. The summed E-state index contributed by atoms with van der Waals surface area (Å²) in [5, 5.41) is 12.1. The van der Waals surface area contributed by atoms with E-state index in [2.05, 4.69) is 0 Å². The lowest BCUT2D eigenvalue weighted by atomic mass is 9.94. The van der Waals surface area contributed by atoms with Crippen LogP contribution in [0, 0.1) is 0 Å². The number of aliphatic hydroxyl groups excluding tert-OH is 1. The summed E-state index contributed by atoms with van der Waals surface area (Å²) in [7, 11) is 0. The van der Waals surface area contributed by atoms with Gasteiger partial charge in [0.25, 0.3) is 5.78 Å². The summed E-state index contributed by atoms with van der Waals surface area (Å²) in [6.45, 7) is 6.95. The van der Waals surface area contributed by atoms with Gasteiger partial charge in [-0.25, -0.2) is 4.98 Å². The Balaban J connectivity index is 1.35. The van der Waals surface area contributed by atoms with Crippen LogP contribution in [-0.2, 0) is 22.6 Å². The number of ketones is 1. The standard InChI is InChI=1S/C38H34N2O7S/c1-4-44-27-13-14-28-32(20-27)48-38(39-28)40-34(24-11-16-30(31(19-24)45-5-2)46-21-23-9-7-6-8-10-23)33(36(42)37(40)43)35(41)25-12-15-29-26(18-25)17-22(3)47-29/h6-16,18-20,22,34,41H,4-5,17,21H2,1-3H3/t22-,34-/m0/s1. The number of nitrogens with zero attached hydrogens (tertiary/aromatic N) is 2. The quantitative estimate of drug-likeness (QED) is 0.0925. The Morgan fingerprint density at radius 3 is 2.54 bits per heavy atom. The van der Waals surface area contributed by atoms with Gasteiger partial charge in [-0.2, -0.15) is 0 Å². The number of rotatable bonds is 10. The van der Waals surface area contributed by atoms with Crippen molar-refractivity contribution in [2.75, 3.05) is 18.1 Å². The molecule has 1 fully saturated rings. The number of carbonyl (C=O) groups excluding carboxylic acids is 2. The number of carbonyl (C=O) groups is 2. The zero-order valence-electron chi connectivity index (χ0n) is 26.8. The predicted molar refractivity (Wildman–Crippen MR) is 184 cm³/mol. The van der Waals surface area contributed by atoms with E-state index in [-0.39, 0.29) is 17.4 Å². The lowest BCUT2D eigenvalue weighted by molar-refractivity contribution is -0.132. The summed E-state index contributed by atoms with van der Waals surface area (Å²) in [5.74, 6) is 0.518. The fraction of sp³-hybridized carbons (Fsp3) is 0.237. The SMILES string of the molecule is CCOc1ccc2nc(N3C(=O)C(=O)C(=C(O)c4ccc5c(c4)C[C@H](C)O5)[C@@H]3c3ccc(OCc4ccccc4)c(OCC)c3)sc2c1. The minimum atomic E-state index is -0.997. The first-order chi connectivity index (χ1) is 23.3. The van der Waals surface area contributed by atoms with Crippen LogP contribution >= 0.6 is 11.3 Å². The van der Waals surface area contributed by atoms with Gasteiger partial charge in [0.05, 0.1) is 35.0 Å². The second-order valence-electron chi connectivity index (χ2n) is 11.6. The van der Waals surface area contributed by atoms with E-state index in [1.54, 1.807) is 30.3 Å². The summed E-state index contributed by atoms with van der Waals surface area (Å²) in [6, 6.07) is 24.9. The fourth-order valence-corrected chi connectivity index (χ4v) is 7.16. The minimum absolute atomic E-state index is 0.00450. The van der Waals surface area contributed by atoms with E-state index in [0.29, 0.717) is 65.3 Å². The maximum atomic E-state index is 13.9. The number of benzene rings is 4. The number of aromatic nitrogens is 1. The number of thiazole rings is 1. The topological polar surface area (TPSA) is 107 Å². The molecule has 1 amide bonds. The second-order valence-corrected chi connectivity index (χ2v) is 12.6. The van der Waals surface area contributed by atoms with Crippen molar-refractivity contribution in [1.82, 2.24) is 4.98 Å². The van der Waals surface area contributed by atoms with Gasteiger partial charge in [-0.1, -0.05) is 47.7 Å². The molecule has 48 heavy (non-hydrogen) atoms. The van der Waals surface area contributed by atoms with Gasteiger partial charge >= 0.3 is 5.91 Å². The van der Waals surface area contributed by atoms with E-state index in [1.807, 2.05) is 75.4 Å². The highest BCUT2D eigenvalue weighted by molar-refractivity contribution is 7.22. The fourth-order valence-electron chi connectivity index (χ4n) is 6.14. The van der Waals surface area contributed by atoms with Crippen LogP contribution in [0.2, 0.25) is 0 Å². The maximum Gasteiger partial charge on any atom is 0.301 e. The smallest absolute Gasteiger partial charge is 0.301 e. The number of anilines is 1. The van der Waals surface area contributed by atoms with Gasteiger partial charge in [0, 0.05) is 12.0 Å². The van der Waals surface area contributed by atoms with Crippen LogP contribution in [0.25, 0.3) is 16.0 Å². The monoisotopic (exact) mass is 662 g/mol. The molecule has 2 aliphatic rings. The Labute approximate surface area is 282 Å². The van der Waals surface area contributed by atoms with Gasteiger partial charge in [0.1, 0.15) is 30.0 Å². The molecule has 9 nitrogen and oxygen atoms in total. The number of hydrogen-bond donors (Lipinski definition) is 1. The zero-order valence-corrected chi connectivity index (χ0v) is 27.6. The summed E-state index contributed by atoms with van der Waals surface area (Å²) in [5.41, 5.74) is 3.52. The summed E-state index contributed by atoms with van der Waals surface area (Å²) in [4.78, 5) is 34.0. The van der Waals surface area contributed by atoms with E-state index in [9.17, 15) is 14.7 Å². The Bertz CT molecular complexity index is 2060. The first-order valence-corrected chi connectivity index (χ1v) is 16.7. The number of Topliss-reactive ketones (excluding diaryl/α,β-unsaturated/α-hetero) is 1. The molecule has 7 rings (SSSR count). The molecule has 3 heterocycles. The van der Waals surface area contributed by atoms with Gasteiger partial charge < -0.3 is 24.1 Å². The minimum Gasteiger partial charge on any atom is -0.507 e. The molecular formula is C38H34N2O7S. The molecule has 0 radical (unpaired) electrons. The lowest BCUT2D eigenvalue weighted by Crippen LogP contribution is -2.29. The lowest BCUT2D eigenvalue weighted by Gasteiger charge is -2.24. The summed E-state index contributed by atoms with van der Waals surface area (Å²) in [6.07, 6.45) is 0.677. The predicted octanol–water partition coefficient (Wildman–Crippen LogP) is 7.62. The molecule has 2 atom stereocenters. The second kappa shape index (κ2) is 13.0. The van der Waals surface area contributed by atoms with E-state index < -0.39 is 17.7 Å². The van der Waals surface area contributed by atoms with Crippen LogP contribution in [0.3, 0.4) is 0 Å². The Morgan fingerprint density at radius 1 is 0.938 bits per heavy atom. The molecule has 0 saturated carbocycles. The van der Waals surface area contributed by atoms with Crippen molar-refractivity contribution < 1.29 is 33.6 Å². The molecule has 4 aromatic carbocycles. The molecular weight excluding hydrogens is 628 g/mol. The van der Waals surface area contributed by atoms with E-state index in [4.69, 9.17) is 23.9 Å². The highest BCUT2D eigenvalue weighted by atomic mass is 32.1. The third kappa shape index (κ3) is 5.84. The zero-order chi connectivity index (χ0) is 33.4. The highest BCUT2D eigenvalue weighted by Crippen LogP contribution is 2.46. The van der Waals surface area contributed by atoms with Crippen LogP contribution in [0.5, 0.6) is 23.0 Å². The average Bonchev–Trinajstić information content (AvgIpc) is 3.76. The summed E-state index contributed by atoms with van der Waals surface area (Å²) < 4.78 is 24.5. The number of amides is 1. The largest absolute Gasteiger partial charge is 0.507 e. The van der Waals surface area contributed by atoms with Gasteiger partial charge in [0.15, 0.2) is 16.6 Å². The number of ether oxygens (including phenoxy) is 4.